The van der Waals surface area contributed by atoms with E-state index in [0.29, 0.717) is 11.3 Å². The van der Waals surface area contributed by atoms with E-state index < -0.39 is 0 Å². The summed E-state index contributed by atoms with van der Waals surface area (Å²) in [6.07, 6.45) is 4.86. The lowest BCUT2D eigenvalue weighted by Gasteiger charge is -2.16. The molecule has 20 heavy (non-hydrogen) atoms. The van der Waals surface area contributed by atoms with E-state index in [1.165, 1.54) is 5.69 Å². The third-order valence-electron chi connectivity index (χ3n) is 2.74. The van der Waals surface area contributed by atoms with Gasteiger partial charge in [-0.2, -0.15) is 0 Å². The second-order valence-electron chi connectivity index (χ2n) is 6.55. The van der Waals surface area contributed by atoms with Crippen molar-refractivity contribution in [2.24, 2.45) is 16.5 Å². The Morgan fingerprint density at radius 3 is 2.25 bits per heavy atom. The number of pyridine rings is 1. The molecule has 0 amide bonds. The van der Waals surface area contributed by atoms with Gasteiger partial charge in [0.2, 0.25) is 0 Å². The summed E-state index contributed by atoms with van der Waals surface area (Å²) in [5.74, 6) is 0.384. The summed E-state index contributed by atoms with van der Waals surface area (Å²) in [4.78, 5) is 4.26. The molecule has 1 aromatic rings. The molecule has 0 radical (unpaired) electrons. The zero-order valence-corrected chi connectivity index (χ0v) is 13.8. The zero-order valence-electron chi connectivity index (χ0n) is 13.8. The molecule has 0 saturated heterocycles. The number of nitrogens with zero attached hydrogens (tertiary/aromatic N) is 2. The lowest BCUT2D eigenvalue weighted by atomic mass is 9.90. The molecule has 1 N–H and O–H groups in total. The van der Waals surface area contributed by atoms with Crippen molar-refractivity contribution in [3.8, 4) is 0 Å². The maximum Gasteiger partial charge on any atom is 0.0596 e. The largest absolute Gasteiger partial charge is 0.411 e. The Morgan fingerprint density at radius 2 is 1.95 bits per heavy atom. The molecule has 114 valence electrons. The topological polar surface area (TPSA) is 45.5 Å². The molecule has 3 heteroatoms. The normalized spacial score (nSPS) is 12.1. The van der Waals surface area contributed by atoms with Gasteiger partial charge in [-0.15, -0.1) is 0 Å². The van der Waals surface area contributed by atoms with Gasteiger partial charge < -0.3 is 5.21 Å². The second-order valence-corrected chi connectivity index (χ2v) is 6.55. The summed E-state index contributed by atoms with van der Waals surface area (Å²) in [7, 11) is 0. The summed E-state index contributed by atoms with van der Waals surface area (Å²) in [5, 5.41) is 11.6. The molecule has 0 bridgehead atoms. The van der Waals surface area contributed by atoms with Crippen LogP contribution in [-0.4, -0.2) is 15.9 Å². The first-order chi connectivity index (χ1) is 9.30. The predicted octanol–water partition coefficient (Wildman–Crippen LogP) is 4.94. The van der Waals surface area contributed by atoms with Gasteiger partial charge in [-0.3, -0.25) is 4.98 Å². The van der Waals surface area contributed by atoms with Crippen molar-refractivity contribution in [1.82, 2.24) is 4.98 Å². The Balaban J connectivity index is 0.000000370. The standard InChI is InChI=1S/C10H15N.C7H15NO/c1-10(2,3)8-9-6-4-5-7-11-9;1-4-5-7(8-9)6(2)3/h4-7H,8H2,1-3H3;6,9H,4-5H2,1-3H3. The monoisotopic (exact) mass is 278 g/mol. The van der Waals surface area contributed by atoms with Crippen molar-refractivity contribution >= 4 is 5.71 Å². The van der Waals surface area contributed by atoms with Gasteiger partial charge in [-0.05, 0) is 36.3 Å². The minimum atomic E-state index is 0.342. The molecule has 0 spiro atoms. The van der Waals surface area contributed by atoms with Crippen LogP contribution in [0.25, 0.3) is 0 Å². The molecule has 0 atom stereocenters. The Bertz CT molecular complexity index is 378. The third-order valence-corrected chi connectivity index (χ3v) is 2.74. The van der Waals surface area contributed by atoms with Crippen LogP contribution in [0.4, 0.5) is 0 Å². The highest BCUT2D eigenvalue weighted by atomic mass is 16.4. The van der Waals surface area contributed by atoms with Crippen LogP contribution in [-0.2, 0) is 6.42 Å². The molecule has 1 aromatic heterocycles. The maximum absolute atomic E-state index is 8.42. The highest BCUT2D eigenvalue weighted by Crippen LogP contribution is 2.18. The fraction of sp³-hybridized carbons (Fsp3) is 0.647. The summed E-state index contributed by atoms with van der Waals surface area (Å²) < 4.78 is 0. The van der Waals surface area contributed by atoms with Crippen molar-refractivity contribution in [2.75, 3.05) is 0 Å². The molecule has 0 saturated carbocycles. The highest BCUT2D eigenvalue weighted by Gasteiger charge is 2.10. The van der Waals surface area contributed by atoms with E-state index in [4.69, 9.17) is 5.21 Å². The van der Waals surface area contributed by atoms with Gasteiger partial charge in [0.25, 0.3) is 0 Å². The molecule has 0 aliphatic carbocycles. The summed E-state index contributed by atoms with van der Waals surface area (Å²) in [6, 6.07) is 6.06. The molecule has 0 aliphatic heterocycles. The van der Waals surface area contributed by atoms with Crippen LogP contribution in [0.5, 0.6) is 0 Å². The van der Waals surface area contributed by atoms with Gasteiger partial charge in [0.1, 0.15) is 0 Å². The quantitative estimate of drug-likeness (QED) is 0.481. The SMILES string of the molecule is CC(C)(C)Cc1ccccn1.CCCC(=NO)C(C)C. The molecule has 1 heterocycles. The van der Waals surface area contributed by atoms with Crippen LogP contribution >= 0.6 is 0 Å². The first-order valence-electron chi connectivity index (χ1n) is 7.41. The van der Waals surface area contributed by atoms with Crippen LogP contribution in [0.3, 0.4) is 0 Å². The molecule has 0 fully saturated rings. The average Bonchev–Trinajstić information content (AvgIpc) is 2.35. The number of hydrogen-bond acceptors (Lipinski definition) is 3. The third kappa shape index (κ3) is 9.54. The Hall–Kier alpha value is -1.38. The molecule has 0 unspecified atom stereocenters. The van der Waals surface area contributed by atoms with E-state index in [9.17, 15) is 0 Å². The van der Waals surface area contributed by atoms with Crippen molar-refractivity contribution in [2.45, 2.75) is 60.8 Å². The summed E-state index contributed by atoms with van der Waals surface area (Å²) >= 11 is 0. The van der Waals surface area contributed by atoms with E-state index in [0.717, 1.165) is 25.0 Å². The molecule has 1 rings (SSSR count). The first kappa shape index (κ1) is 18.6. The van der Waals surface area contributed by atoms with Crippen molar-refractivity contribution in [3.63, 3.8) is 0 Å². The minimum absolute atomic E-state index is 0.342. The van der Waals surface area contributed by atoms with E-state index in [-0.39, 0.29) is 0 Å². The number of aromatic nitrogens is 1. The van der Waals surface area contributed by atoms with Crippen LogP contribution in [0.15, 0.2) is 29.6 Å². The molecule has 0 aromatic carbocycles. The number of oxime groups is 1. The van der Waals surface area contributed by atoms with E-state index in [1.807, 2.05) is 32.2 Å². The van der Waals surface area contributed by atoms with Gasteiger partial charge in [0, 0.05) is 11.9 Å². The number of rotatable bonds is 4. The van der Waals surface area contributed by atoms with E-state index in [1.54, 1.807) is 0 Å². The summed E-state index contributed by atoms with van der Waals surface area (Å²) in [6.45, 7) is 12.8. The van der Waals surface area contributed by atoms with Crippen LogP contribution in [0, 0.1) is 11.3 Å². The van der Waals surface area contributed by atoms with Gasteiger partial charge in [0.15, 0.2) is 0 Å². The lowest BCUT2D eigenvalue weighted by Crippen LogP contribution is -2.09. The van der Waals surface area contributed by atoms with Crippen LogP contribution in [0.1, 0.15) is 60.1 Å². The summed E-state index contributed by atoms with van der Waals surface area (Å²) in [5.41, 5.74) is 2.42. The second kappa shape index (κ2) is 9.51. The Labute approximate surface area is 124 Å². The van der Waals surface area contributed by atoms with Crippen molar-refractivity contribution in [3.05, 3.63) is 30.1 Å². The zero-order chi connectivity index (χ0) is 15.6. The predicted molar refractivity (Wildman–Crippen MR) is 86.4 cm³/mol. The highest BCUT2D eigenvalue weighted by molar-refractivity contribution is 5.85. The molecular formula is C17H30N2O. The fourth-order valence-electron chi connectivity index (χ4n) is 1.76. The van der Waals surface area contributed by atoms with Gasteiger partial charge in [0.05, 0.1) is 5.71 Å². The molecule has 3 nitrogen and oxygen atoms in total. The molecular weight excluding hydrogens is 248 g/mol. The minimum Gasteiger partial charge on any atom is -0.411 e. The van der Waals surface area contributed by atoms with Crippen molar-refractivity contribution in [1.29, 1.82) is 0 Å². The van der Waals surface area contributed by atoms with Gasteiger partial charge >= 0.3 is 0 Å². The van der Waals surface area contributed by atoms with Gasteiger partial charge in [-0.25, -0.2) is 0 Å². The van der Waals surface area contributed by atoms with Gasteiger partial charge in [-0.1, -0.05) is 59.2 Å². The number of hydrogen-bond donors (Lipinski definition) is 1. The fourth-order valence-corrected chi connectivity index (χ4v) is 1.76. The first-order valence-corrected chi connectivity index (χ1v) is 7.41. The Morgan fingerprint density at radius 1 is 1.30 bits per heavy atom. The maximum atomic E-state index is 8.42. The molecule has 0 aliphatic rings. The van der Waals surface area contributed by atoms with E-state index >= 15 is 0 Å². The Kier molecular flexibility index (Phi) is 8.86. The van der Waals surface area contributed by atoms with E-state index in [2.05, 4.69) is 43.9 Å². The van der Waals surface area contributed by atoms with Crippen molar-refractivity contribution < 1.29 is 5.21 Å². The van der Waals surface area contributed by atoms with Crippen LogP contribution < -0.4 is 0 Å². The van der Waals surface area contributed by atoms with Crippen LogP contribution in [0.2, 0.25) is 0 Å². The lowest BCUT2D eigenvalue weighted by molar-refractivity contribution is 0.314. The smallest absolute Gasteiger partial charge is 0.0596 e. The average molecular weight is 278 g/mol.